The van der Waals surface area contributed by atoms with Crippen molar-refractivity contribution in [2.75, 3.05) is 5.32 Å². The summed E-state index contributed by atoms with van der Waals surface area (Å²) in [6, 6.07) is 7.67. The summed E-state index contributed by atoms with van der Waals surface area (Å²) in [4.78, 5) is 12.8. The Balaban J connectivity index is 1.33. The van der Waals surface area contributed by atoms with Gasteiger partial charge >= 0.3 is 6.03 Å². The van der Waals surface area contributed by atoms with Crippen molar-refractivity contribution < 1.29 is 13.9 Å². The first-order valence-electron chi connectivity index (χ1n) is 12.5. The van der Waals surface area contributed by atoms with Crippen LogP contribution in [-0.2, 0) is 5.54 Å². The predicted octanol–water partition coefficient (Wildman–Crippen LogP) is 5.72. The number of rotatable bonds is 5. The number of anilines is 1. The summed E-state index contributed by atoms with van der Waals surface area (Å²) in [5.74, 6) is 1.39. The van der Waals surface area contributed by atoms with Crippen LogP contribution in [0.3, 0.4) is 0 Å². The number of hydrogen-bond acceptors (Lipinski definition) is 5. The van der Waals surface area contributed by atoms with Gasteiger partial charge in [0, 0.05) is 12.1 Å². The summed E-state index contributed by atoms with van der Waals surface area (Å²) < 4.78 is 24.4. The van der Waals surface area contributed by atoms with Crippen molar-refractivity contribution in [3.05, 3.63) is 71.7 Å². The van der Waals surface area contributed by atoms with Crippen LogP contribution in [0.15, 0.2) is 48.9 Å². The van der Waals surface area contributed by atoms with Crippen molar-refractivity contribution in [1.82, 2.24) is 29.7 Å². The highest BCUT2D eigenvalue weighted by Crippen LogP contribution is 2.39. The minimum Gasteiger partial charge on any atom is -0.484 e. The molecule has 0 fully saturated rings. The molecule has 0 radical (unpaired) electrons. The van der Waals surface area contributed by atoms with E-state index in [1.54, 1.807) is 23.1 Å². The molecule has 5 rings (SSSR count). The average molecular weight is 506 g/mol. The molecular weight excluding hydrogens is 473 g/mol. The number of benzene rings is 1. The van der Waals surface area contributed by atoms with Crippen molar-refractivity contribution >= 4 is 17.4 Å². The van der Waals surface area contributed by atoms with Gasteiger partial charge in [0.05, 0.1) is 29.7 Å². The molecule has 37 heavy (non-hydrogen) atoms. The first kappa shape index (κ1) is 24.7. The normalized spacial score (nSPS) is 17.6. The van der Waals surface area contributed by atoms with E-state index in [4.69, 9.17) is 4.74 Å². The SMILES string of the molecule is CC(C)c1nnc2ccc(O[C@@H]3CC[C@H](NC(=O)Nc4cnn(C(C)(C)C)c4)c4cc(F)ccc43)cn12. The number of carbonyl (C=O) groups is 1. The topological polar surface area (TPSA) is 98.4 Å². The Labute approximate surface area is 215 Å². The van der Waals surface area contributed by atoms with Gasteiger partial charge in [0.1, 0.15) is 23.5 Å². The minimum atomic E-state index is -0.368. The number of nitrogens with one attached hydrogen (secondary N) is 2. The zero-order valence-electron chi connectivity index (χ0n) is 21.7. The lowest BCUT2D eigenvalue weighted by molar-refractivity contribution is 0.171. The molecule has 10 heteroatoms. The Kier molecular flexibility index (Phi) is 6.35. The highest BCUT2D eigenvalue weighted by Gasteiger charge is 2.30. The van der Waals surface area contributed by atoms with Crippen molar-refractivity contribution in [1.29, 1.82) is 0 Å². The third-order valence-corrected chi connectivity index (χ3v) is 6.52. The second kappa shape index (κ2) is 9.49. The molecule has 0 bridgehead atoms. The molecule has 1 aliphatic rings. The molecule has 3 aromatic heterocycles. The number of amides is 2. The molecule has 2 atom stereocenters. The molecule has 4 aromatic rings. The van der Waals surface area contributed by atoms with Gasteiger partial charge in [-0.15, -0.1) is 10.2 Å². The highest BCUT2D eigenvalue weighted by molar-refractivity contribution is 5.89. The molecule has 0 saturated heterocycles. The van der Waals surface area contributed by atoms with Crippen LogP contribution >= 0.6 is 0 Å². The van der Waals surface area contributed by atoms with Crippen LogP contribution < -0.4 is 15.4 Å². The number of pyridine rings is 1. The summed E-state index contributed by atoms with van der Waals surface area (Å²) in [5.41, 5.74) is 2.72. The van der Waals surface area contributed by atoms with E-state index >= 15 is 0 Å². The second-order valence-corrected chi connectivity index (χ2v) is 10.8. The van der Waals surface area contributed by atoms with Crippen LogP contribution in [0, 0.1) is 5.82 Å². The van der Waals surface area contributed by atoms with Gasteiger partial charge in [0.2, 0.25) is 0 Å². The standard InChI is InChI=1S/C27H32FN7O2/c1-16(2)25-33-32-24-11-7-19(15-34(24)25)37-23-10-9-22(21-12-17(28)6-8-20(21)23)31-26(36)30-18-13-29-35(14-18)27(3,4)5/h6-8,11-16,22-23H,9-10H2,1-5H3,(H2,30,31,36)/t22-,23+/m0/s1. The average Bonchev–Trinajstić information content (AvgIpc) is 3.47. The molecule has 9 nitrogen and oxygen atoms in total. The molecule has 2 N–H and O–H groups in total. The van der Waals surface area contributed by atoms with E-state index in [1.807, 2.05) is 43.5 Å². The van der Waals surface area contributed by atoms with Gasteiger partial charge in [0.25, 0.3) is 0 Å². The van der Waals surface area contributed by atoms with Crippen LogP contribution in [-0.4, -0.2) is 30.4 Å². The van der Waals surface area contributed by atoms with E-state index in [1.165, 1.54) is 12.1 Å². The molecular formula is C27H32FN7O2. The number of halogens is 1. The van der Waals surface area contributed by atoms with Crippen LogP contribution in [0.2, 0.25) is 0 Å². The molecule has 194 valence electrons. The smallest absolute Gasteiger partial charge is 0.319 e. The number of ether oxygens (including phenoxy) is 1. The largest absolute Gasteiger partial charge is 0.484 e. The number of fused-ring (bicyclic) bond motifs is 2. The second-order valence-electron chi connectivity index (χ2n) is 10.8. The van der Waals surface area contributed by atoms with Crippen molar-refractivity contribution in [3.8, 4) is 5.75 Å². The zero-order valence-corrected chi connectivity index (χ0v) is 21.7. The molecule has 0 saturated carbocycles. The first-order chi connectivity index (χ1) is 17.6. The van der Waals surface area contributed by atoms with Crippen LogP contribution in [0.4, 0.5) is 14.9 Å². The molecule has 0 aliphatic heterocycles. The summed E-state index contributed by atoms with van der Waals surface area (Å²) in [5, 5.41) is 18.6. The maximum Gasteiger partial charge on any atom is 0.319 e. The highest BCUT2D eigenvalue weighted by atomic mass is 19.1. The van der Waals surface area contributed by atoms with Gasteiger partial charge in [0.15, 0.2) is 5.65 Å². The van der Waals surface area contributed by atoms with Crippen molar-refractivity contribution in [3.63, 3.8) is 0 Å². The summed E-state index contributed by atoms with van der Waals surface area (Å²) in [6.07, 6.45) is 6.27. The lowest BCUT2D eigenvalue weighted by Crippen LogP contribution is -2.35. The third kappa shape index (κ3) is 5.14. The number of urea groups is 1. The fraction of sp³-hybridized carbons (Fsp3) is 0.407. The number of aromatic nitrogens is 5. The van der Waals surface area contributed by atoms with Gasteiger partial charge in [-0.2, -0.15) is 5.10 Å². The third-order valence-electron chi connectivity index (χ3n) is 6.52. The molecule has 1 aromatic carbocycles. The van der Waals surface area contributed by atoms with Gasteiger partial charge < -0.3 is 15.4 Å². The predicted molar refractivity (Wildman–Crippen MR) is 138 cm³/mol. The van der Waals surface area contributed by atoms with Gasteiger partial charge in [-0.05, 0) is 69.0 Å². The van der Waals surface area contributed by atoms with Crippen molar-refractivity contribution in [2.45, 2.75) is 71.1 Å². The lowest BCUT2D eigenvalue weighted by Gasteiger charge is -2.32. The maximum absolute atomic E-state index is 14.3. The minimum absolute atomic E-state index is 0.194. The Bertz CT molecular complexity index is 1440. The van der Waals surface area contributed by atoms with E-state index in [2.05, 4.69) is 39.8 Å². The van der Waals surface area contributed by atoms with Gasteiger partial charge in [-0.1, -0.05) is 19.9 Å². The molecule has 3 heterocycles. The van der Waals surface area contributed by atoms with Crippen LogP contribution in [0.25, 0.3) is 5.65 Å². The fourth-order valence-electron chi connectivity index (χ4n) is 4.64. The number of nitrogens with zero attached hydrogens (tertiary/aromatic N) is 5. The van der Waals surface area contributed by atoms with Crippen LogP contribution in [0.5, 0.6) is 5.75 Å². The zero-order chi connectivity index (χ0) is 26.3. The van der Waals surface area contributed by atoms with Crippen molar-refractivity contribution in [2.24, 2.45) is 0 Å². The number of carbonyl (C=O) groups excluding carboxylic acids is 1. The Morgan fingerprint density at radius 2 is 1.92 bits per heavy atom. The fourth-order valence-corrected chi connectivity index (χ4v) is 4.64. The van der Waals surface area contributed by atoms with E-state index in [9.17, 15) is 9.18 Å². The summed E-state index contributed by atoms with van der Waals surface area (Å²) in [7, 11) is 0. The van der Waals surface area contributed by atoms with Gasteiger partial charge in [-0.25, -0.2) is 9.18 Å². The Morgan fingerprint density at radius 3 is 2.65 bits per heavy atom. The number of hydrogen-bond donors (Lipinski definition) is 2. The van der Waals surface area contributed by atoms with E-state index < -0.39 is 0 Å². The molecule has 2 amide bonds. The summed E-state index contributed by atoms with van der Waals surface area (Å²) in [6.45, 7) is 10.2. The molecule has 0 spiro atoms. The molecule has 1 aliphatic carbocycles. The van der Waals surface area contributed by atoms with Crippen LogP contribution in [0.1, 0.15) is 82.5 Å². The molecule has 0 unspecified atom stereocenters. The van der Waals surface area contributed by atoms with E-state index in [0.29, 0.717) is 29.8 Å². The first-order valence-corrected chi connectivity index (χ1v) is 12.5. The van der Waals surface area contributed by atoms with Gasteiger partial charge in [-0.3, -0.25) is 9.08 Å². The maximum atomic E-state index is 14.3. The lowest BCUT2D eigenvalue weighted by atomic mass is 9.85. The monoisotopic (exact) mass is 505 g/mol. The Morgan fingerprint density at radius 1 is 1.11 bits per heavy atom. The summed E-state index contributed by atoms with van der Waals surface area (Å²) >= 11 is 0. The van der Waals surface area contributed by atoms with E-state index in [-0.39, 0.29) is 35.5 Å². The quantitative estimate of drug-likeness (QED) is 0.361. The Hall–Kier alpha value is -3.95. The van der Waals surface area contributed by atoms with E-state index in [0.717, 1.165) is 17.0 Å².